The highest BCUT2D eigenvalue weighted by atomic mass is 35.5. The van der Waals surface area contributed by atoms with Crippen LogP contribution in [0.2, 0.25) is 15.1 Å². The molecule has 682 valence electrons. The number of carbonyl (C=O) groups excluding carboxylic acids is 10. The van der Waals surface area contributed by atoms with Gasteiger partial charge in [0.2, 0.25) is 65.2 Å². The largest absolute Gasteiger partial charge is 0.508 e. The third kappa shape index (κ3) is 22.0. The van der Waals surface area contributed by atoms with Crippen LogP contribution in [0.5, 0.6) is 46.0 Å². The number of phenolic OH excluding ortho intramolecular Hbond substituents is 3. The average Bonchev–Trinajstić information content (AvgIpc) is 0.759. The zero-order valence-electron chi connectivity index (χ0n) is 68.9. The van der Waals surface area contributed by atoms with E-state index >= 15 is 24.0 Å². The predicted molar refractivity (Wildman–Crippen MR) is 451 cm³/mol. The number of hydrogen-bond acceptors (Lipinski definition) is 30. The Balaban J connectivity index is 0.998. The summed E-state index contributed by atoms with van der Waals surface area (Å²) in [6.45, 7) is 4.74. The second-order valence-corrected chi connectivity index (χ2v) is 32.6. The van der Waals surface area contributed by atoms with Crippen LogP contribution in [0.25, 0.3) is 17.2 Å². The molecular formula is C84H93Cl3N14O27. The number of aliphatic hydroxyl groups is 6. The molecule has 0 aliphatic carbocycles. The van der Waals surface area contributed by atoms with E-state index < -0.39 is 277 Å². The van der Waals surface area contributed by atoms with Gasteiger partial charge in [0.25, 0.3) is 5.91 Å². The van der Waals surface area contributed by atoms with Gasteiger partial charge in [-0.1, -0.05) is 79.0 Å². The molecule has 2 saturated heterocycles. The van der Waals surface area contributed by atoms with Gasteiger partial charge < -0.3 is 133 Å². The lowest BCUT2D eigenvalue weighted by molar-refractivity contribution is -0.334. The summed E-state index contributed by atoms with van der Waals surface area (Å²) in [5.41, 5.74) is 3.32. The maximum atomic E-state index is 16.4. The van der Waals surface area contributed by atoms with E-state index in [9.17, 15) is 74.7 Å². The summed E-state index contributed by atoms with van der Waals surface area (Å²) in [4.78, 5) is 168. The topological polar surface area (TPSA) is 611 Å². The van der Waals surface area contributed by atoms with Gasteiger partial charge in [0.1, 0.15) is 101 Å². The molecule has 11 bridgehead atoms. The summed E-state index contributed by atoms with van der Waals surface area (Å²) >= 11 is 20.4. The van der Waals surface area contributed by atoms with Crippen LogP contribution in [-0.4, -0.2) is 227 Å². The molecule has 0 saturated carbocycles. The number of rotatable bonds is 23. The Morgan fingerprint density at radius 1 is 0.719 bits per heavy atom. The number of hydroxylamine groups is 1. The first-order valence-corrected chi connectivity index (χ1v) is 41.1. The molecule has 8 heterocycles. The Morgan fingerprint density at radius 3 is 2.00 bits per heavy atom. The minimum atomic E-state index is -2.42. The fourth-order valence-electron chi connectivity index (χ4n) is 15.0. The number of benzene rings is 6. The normalized spacial score (nSPS) is 25.6. The van der Waals surface area contributed by atoms with Crippen molar-refractivity contribution in [1.29, 1.82) is 0 Å². The molecule has 7 aromatic rings. The van der Waals surface area contributed by atoms with Crippen LogP contribution >= 0.6 is 34.8 Å². The number of anilines is 1. The van der Waals surface area contributed by atoms with Crippen molar-refractivity contribution in [2.45, 2.75) is 163 Å². The number of hydrogen-bond donors (Lipinski definition) is 21. The number of aromatic nitrogens is 2. The van der Waals surface area contributed by atoms with Crippen molar-refractivity contribution >= 4 is 106 Å². The number of nitrogens with one attached hydrogen (secondary N) is 11. The number of carbonyl (C=O) groups is 10. The third-order valence-electron chi connectivity index (χ3n) is 21.7. The fraction of sp³-hybridized carbons (Fsp3) is 0.381. The van der Waals surface area contributed by atoms with Crippen LogP contribution < -0.4 is 84.3 Å². The van der Waals surface area contributed by atoms with Gasteiger partial charge in [-0.2, -0.15) is 4.98 Å². The van der Waals surface area contributed by atoms with E-state index in [0.29, 0.717) is 10.6 Å². The Kier molecular flexibility index (Phi) is 30.3. The highest BCUT2D eigenvalue weighted by Gasteiger charge is 2.52. The van der Waals surface area contributed by atoms with E-state index in [0.717, 1.165) is 66.7 Å². The molecule has 14 rings (SSSR count). The van der Waals surface area contributed by atoms with Crippen molar-refractivity contribution in [3.63, 3.8) is 0 Å². The molecular weight excluding hydrogens is 1740 g/mol. The molecule has 7 aliphatic heterocycles. The van der Waals surface area contributed by atoms with Gasteiger partial charge in [-0.05, 0) is 145 Å². The first-order chi connectivity index (χ1) is 60.8. The Labute approximate surface area is 743 Å². The molecule has 44 heteroatoms. The van der Waals surface area contributed by atoms with E-state index in [1.165, 1.54) is 62.1 Å². The molecule has 0 spiro atoms. The number of amides is 10. The molecule has 2 fully saturated rings. The monoisotopic (exact) mass is 1830 g/mol. The van der Waals surface area contributed by atoms with Gasteiger partial charge in [-0.15, -0.1) is 0 Å². The number of phenols is 3. The summed E-state index contributed by atoms with van der Waals surface area (Å²) in [5, 5.41) is 132. The number of aliphatic hydroxyl groups excluding tert-OH is 6. The average molecular weight is 1840 g/mol. The maximum Gasteiger partial charge on any atom is 0.349 e. The van der Waals surface area contributed by atoms with Gasteiger partial charge in [0.15, 0.2) is 30.5 Å². The lowest BCUT2D eigenvalue weighted by Crippen LogP contribution is -2.65. The number of primary amides is 1. The number of aromatic hydroxyl groups is 3. The summed E-state index contributed by atoms with van der Waals surface area (Å²) in [6, 6.07) is 7.02. The van der Waals surface area contributed by atoms with Crippen LogP contribution in [0.3, 0.4) is 0 Å². The minimum absolute atomic E-state index is 0.0422. The quantitative estimate of drug-likeness (QED) is 0.0314. The lowest BCUT2D eigenvalue weighted by Gasteiger charge is -2.48. The summed E-state index contributed by atoms with van der Waals surface area (Å²) < 4.78 is 40.6. The Bertz CT molecular complexity index is 5500. The van der Waals surface area contributed by atoms with Crippen molar-refractivity contribution < 1.29 is 127 Å². The molecule has 1 aromatic heterocycles. The number of halogens is 3. The third-order valence-corrected chi connectivity index (χ3v) is 22.6. The summed E-state index contributed by atoms with van der Waals surface area (Å²) in [7, 11) is 2.71. The second-order valence-electron chi connectivity index (χ2n) is 31.3. The van der Waals surface area contributed by atoms with Crippen molar-refractivity contribution in [3.8, 4) is 57.1 Å². The second kappa shape index (κ2) is 40.9. The number of ether oxygens (including phenoxy) is 6. The Hall–Kier alpha value is -12.2. The van der Waals surface area contributed by atoms with Gasteiger partial charge >= 0.3 is 5.69 Å². The van der Waals surface area contributed by atoms with Gasteiger partial charge in [-0.3, -0.25) is 57.4 Å². The van der Waals surface area contributed by atoms with Crippen molar-refractivity contribution in [2.24, 2.45) is 11.7 Å². The summed E-state index contributed by atoms with van der Waals surface area (Å²) in [5.74, 6) is -17.5. The molecule has 22 N–H and O–H groups in total. The molecule has 10 amide bonds. The smallest absolute Gasteiger partial charge is 0.349 e. The first-order valence-electron chi connectivity index (χ1n) is 40.0. The molecule has 18 unspecified atom stereocenters. The minimum Gasteiger partial charge on any atom is -0.508 e. The van der Waals surface area contributed by atoms with Crippen LogP contribution in [0.1, 0.15) is 111 Å². The lowest BCUT2D eigenvalue weighted by atomic mass is 9.85. The first kappa shape index (κ1) is 94.9. The van der Waals surface area contributed by atoms with Crippen molar-refractivity contribution in [3.05, 3.63) is 180 Å². The van der Waals surface area contributed by atoms with E-state index in [2.05, 4.69) is 58.2 Å². The maximum absolute atomic E-state index is 16.4. The van der Waals surface area contributed by atoms with Crippen LogP contribution in [0, 0.1) is 5.92 Å². The van der Waals surface area contributed by atoms with Crippen molar-refractivity contribution in [2.75, 3.05) is 39.2 Å². The van der Waals surface area contributed by atoms with Crippen LogP contribution in [0.15, 0.2) is 126 Å². The predicted octanol–water partition coefficient (Wildman–Crippen LogP) is 1.01. The highest BCUT2D eigenvalue weighted by Crippen LogP contribution is 2.50. The number of nitrogens with two attached hydrogens (primary N) is 1. The van der Waals surface area contributed by atoms with E-state index in [1.807, 2.05) is 5.48 Å². The fourth-order valence-corrected chi connectivity index (χ4v) is 15.6. The standard InChI is InChI=1S/C84H93Cl3N14O27/c1-35(2)23-48(89-5)75(114)98-66-68(109)39-11-16-52(46(86)25-39)124-54-27-41-28-55(72(54)128-82-73(71(112)70(111)56(33-102)126-82)127-61-32-84(4,74(113)36(3)123-61)91-20-22-101-21-19-58(94-83(101)121)93-59(107)18-9-37-7-13-42(85)14-8-37)125-53-17-12-40(26-47(53)87)69(110)67-80(119)97-65(81(120)100-122-34-60(108)90-6)45-29-43(103)30-51(105)62(45)44-24-38(10-15-50(44)104)63(77(116)99-67)96-78(117)64(41)95-76(115)49(31-57(88)106)92-79(66)118/h7-19,21,24-30,35-36,48-49,56,61,63-71,73-74,82,89,91,102-105,109-113H,20,22-23,31-34H2,1-6H3,(H2,88,106)(H,90,108)(H,92,118)(H,95,115)(H,96,117)(H,97,119)(H,98,114)(H,99,116)(H,100,120)(H,93,94,107,121). The Morgan fingerprint density at radius 2 is 1.37 bits per heavy atom. The van der Waals surface area contributed by atoms with Crippen LogP contribution in [-0.2, 0) is 73.5 Å². The number of fused-ring (bicyclic) bond motifs is 15. The van der Waals surface area contributed by atoms with Gasteiger partial charge in [0.05, 0.1) is 41.3 Å². The molecule has 128 heavy (non-hydrogen) atoms. The molecule has 41 nitrogen and oxygen atoms in total. The van der Waals surface area contributed by atoms with Crippen molar-refractivity contribution in [1.82, 2.24) is 62.9 Å². The molecule has 0 radical (unpaired) electrons. The molecule has 18 atom stereocenters. The zero-order valence-corrected chi connectivity index (χ0v) is 71.2. The number of nitrogens with zero attached hydrogens (tertiary/aromatic N) is 2. The van der Waals surface area contributed by atoms with E-state index in [-0.39, 0.29) is 48.8 Å². The van der Waals surface area contributed by atoms with Crippen LogP contribution in [0.4, 0.5) is 5.82 Å². The zero-order chi connectivity index (χ0) is 92.6. The molecule has 6 aromatic carbocycles. The highest BCUT2D eigenvalue weighted by molar-refractivity contribution is 6.32. The van der Waals surface area contributed by atoms with Gasteiger partial charge in [0, 0.05) is 66.6 Å². The summed E-state index contributed by atoms with van der Waals surface area (Å²) in [6.07, 6.45) is -15.5. The van der Waals surface area contributed by atoms with E-state index in [1.54, 1.807) is 45.0 Å². The number of likely N-dealkylation sites (N-methyl/N-ethyl adjacent to an activating group) is 2. The van der Waals surface area contributed by atoms with Gasteiger partial charge in [-0.25, -0.2) is 10.3 Å². The SMILES string of the molecule is CNC(=O)CONC(=O)C1NC(=O)C2NC(=O)C(NC(=O)C3NC(=O)C(CC(N)=O)NC(=O)C(NC(=O)C(CC(C)C)NC)C(O)c4ccc(c(Cl)c4)Oc4cc3cc(c4OC3OC(CO)C(O)C(O)C3OC3CC(C)(NCCn4ccc(NC(=O)C=Cc5ccc(Cl)cc5)nc4=O)C(O)C(C)O3)Oc3ccc(cc3Cl)C2O)c2ccc(O)c(c2)-c2c(O)cc(O)cc21. The molecule has 7 aliphatic rings. The van der Waals surface area contributed by atoms with E-state index in [4.69, 9.17) is 73.8 Å².